The van der Waals surface area contributed by atoms with Crippen LogP contribution in [-0.4, -0.2) is 22.7 Å². The number of hydrogen-bond acceptors (Lipinski definition) is 6. The molecule has 6 heteroatoms. The van der Waals surface area contributed by atoms with Gasteiger partial charge < -0.3 is 10.6 Å². The minimum atomic E-state index is 0.579. The normalized spacial score (nSPS) is 13.8. The second kappa shape index (κ2) is 9.23. The molecule has 3 heterocycles. The average molecular weight is 409 g/mol. The first-order chi connectivity index (χ1) is 15.2. The number of rotatable bonds is 5. The summed E-state index contributed by atoms with van der Waals surface area (Å²) < 4.78 is 0. The van der Waals surface area contributed by atoms with Crippen molar-refractivity contribution in [2.75, 3.05) is 11.4 Å². The van der Waals surface area contributed by atoms with Crippen LogP contribution in [-0.2, 0) is 19.5 Å². The van der Waals surface area contributed by atoms with Gasteiger partial charge in [-0.15, -0.1) is 0 Å². The maximum atomic E-state index is 9.09. The molecule has 0 saturated carbocycles. The Kier molecular flexibility index (Phi) is 6.04. The number of aryl methyl sites for hydroxylation is 1. The van der Waals surface area contributed by atoms with Crippen molar-refractivity contribution in [1.82, 2.24) is 9.97 Å². The lowest BCUT2D eigenvalue weighted by atomic mass is 10.0. The van der Waals surface area contributed by atoms with Gasteiger partial charge >= 0.3 is 0 Å². The maximum absolute atomic E-state index is 9.09. The van der Waals surface area contributed by atoms with E-state index >= 15 is 0 Å². The summed E-state index contributed by atoms with van der Waals surface area (Å²) in [5.41, 5.74) is 12.7. The van der Waals surface area contributed by atoms with Gasteiger partial charge in [0.05, 0.1) is 12.1 Å². The molecule has 0 aliphatic carbocycles. The molecule has 0 spiro atoms. The zero-order valence-corrected chi connectivity index (χ0v) is 17.5. The summed E-state index contributed by atoms with van der Waals surface area (Å²) in [4.78, 5) is 16.0. The predicted molar refractivity (Wildman–Crippen MR) is 123 cm³/mol. The lowest BCUT2D eigenvalue weighted by Gasteiger charge is -2.30. The van der Waals surface area contributed by atoms with E-state index in [-0.39, 0.29) is 0 Å². The van der Waals surface area contributed by atoms with E-state index in [0.717, 1.165) is 58.8 Å². The van der Waals surface area contributed by atoms with E-state index < -0.39 is 0 Å². The van der Waals surface area contributed by atoms with Gasteiger partial charge in [0.2, 0.25) is 0 Å². The van der Waals surface area contributed by atoms with E-state index in [9.17, 15) is 0 Å². The van der Waals surface area contributed by atoms with Gasteiger partial charge in [-0.3, -0.25) is 9.98 Å². The van der Waals surface area contributed by atoms with Crippen LogP contribution >= 0.6 is 0 Å². The molecule has 3 aromatic rings. The van der Waals surface area contributed by atoms with Crippen molar-refractivity contribution < 1.29 is 0 Å². The molecule has 6 nitrogen and oxygen atoms in total. The highest BCUT2D eigenvalue weighted by atomic mass is 15.2. The number of anilines is 1. The summed E-state index contributed by atoms with van der Waals surface area (Å²) in [6, 6.07) is 16.3. The molecular formula is C25H24N6. The van der Waals surface area contributed by atoms with Crippen molar-refractivity contribution in [3.63, 3.8) is 0 Å². The highest BCUT2D eigenvalue weighted by molar-refractivity contribution is 6.09. The zero-order valence-electron chi connectivity index (χ0n) is 17.5. The van der Waals surface area contributed by atoms with Crippen molar-refractivity contribution in [1.29, 1.82) is 5.26 Å². The lowest BCUT2D eigenvalue weighted by Crippen LogP contribution is -2.32. The Hall–Kier alpha value is -3.98. The number of hydrogen-bond donors (Lipinski definition) is 1. The van der Waals surface area contributed by atoms with Gasteiger partial charge in [0.1, 0.15) is 11.9 Å². The Morgan fingerprint density at radius 2 is 2.06 bits per heavy atom. The fraction of sp³-hybridized carbons (Fsp3) is 0.200. The van der Waals surface area contributed by atoms with Gasteiger partial charge in [-0.1, -0.05) is 30.3 Å². The van der Waals surface area contributed by atoms with Crippen molar-refractivity contribution in [2.45, 2.75) is 26.4 Å². The second-order valence-corrected chi connectivity index (χ2v) is 7.56. The maximum Gasteiger partial charge on any atom is 0.131 e. The van der Waals surface area contributed by atoms with Crippen LogP contribution < -0.4 is 10.6 Å². The summed E-state index contributed by atoms with van der Waals surface area (Å²) in [6.07, 6.45) is 7.73. The van der Waals surface area contributed by atoms with Gasteiger partial charge in [0.15, 0.2) is 0 Å². The van der Waals surface area contributed by atoms with Crippen molar-refractivity contribution in [3.05, 3.63) is 94.6 Å². The molecule has 2 N–H and O–H groups in total. The Labute approximate surface area is 182 Å². The average Bonchev–Trinajstić information content (AvgIpc) is 2.81. The minimum Gasteiger partial charge on any atom is -0.404 e. The monoisotopic (exact) mass is 408 g/mol. The molecule has 0 radical (unpaired) electrons. The number of nitrogens with zero attached hydrogens (tertiary/aromatic N) is 5. The van der Waals surface area contributed by atoms with Crippen LogP contribution in [0.5, 0.6) is 0 Å². The van der Waals surface area contributed by atoms with Gasteiger partial charge in [0.25, 0.3) is 0 Å². The molecule has 2 aromatic heterocycles. The summed E-state index contributed by atoms with van der Waals surface area (Å²) in [6.45, 7) is 4.16. The topological polar surface area (TPSA) is 91.2 Å². The predicted octanol–water partition coefficient (Wildman–Crippen LogP) is 3.79. The molecule has 0 atom stereocenters. The molecule has 1 aliphatic heterocycles. The summed E-state index contributed by atoms with van der Waals surface area (Å²) in [5.74, 6) is 0.911. The number of allylic oxidation sites excluding steroid dienone is 1. The van der Waals surface area contributed by atoms with Crippen LogP contribution in [0.1, 0.15) is 33.5 Å². The summed E-state index contributed by atoms with van der Waals surface area (Å²) in [7, 11) is 0. The molecule has 0 fully saturated rings. The fourth-order valence-electron chi connectivity index (χ4n) is 3.77. The second-order valence-electron chi connectivity index (χ2n) is 7.56. The van der Waals surface area contributed by atoms with Crippen LogP contribution in [0, 0.1) is 18.3 Å². The largest absolute Gasteiger partial charge is 0.404 e. The molecule has 0 amide bonds. The third-order valence-electron chi connectivity index (χ3n) is 5.38. The van der Waals surface area contributed by atoms with E-state index in [1.807, 2.05) is 43.6 Å². The Bertz CT molecular complexity index is 1170. The number of aromatic nitrogens is 2. The zero-order chi connectivity index (χ0) is 21.6. The van der Waals surface area contributed by atoms with E-state index in [1.54, 1.807) is 12.4 Å². The molecule has 31 heavy (non-hydrogen) atoms. The van der Waals surface area contributed by atoms with Gasteiger partial charge in [-0.05, 0) is 35.7 Å². The first-order valence-corrected chi connectivity index (χ1v) is 10.2. The van der Waals surface area contributed by atoms with E-state index in [1.165, 1.54) is 0 Å². The molecule has 1 aromatic carbocycles. The first kappa shape index (κ1) is 20.3. The Morgan fingerprint density at radius 3 is 2.81 bits per heavy atom. The van der Waals surface area contributed by atoms with Gasteiger partial charge in [-0.2, -0.15) is 5.26 Å². The van der Waals surface area contributed by atoms with Crippen molar-refractivity contribution in [3.8, 4) is 6.07 Å². The highest BCUT2D eigenvalue weighted by Gasteiger charge is 2.20. The molecule has 4 rings (SSSR count). The van der Waals surface area contributed by atoms with E-state index in [2.05, 4.69) is 44.1 Å². The molecule has 0 unspecified atom stereocenters. The summed E-state index contributed by atoms with van der Waals surface area (Å²) >= 11 is 0. The van der Waals surface area contributed by atoms with Crippen molar-refractivity contribution in [2.24, 2.45) is 10.7 Å². The first-order valence-electron chi connectivity index (χ1n) is 10.2. The van der Waals surface area contributed by atoms with Crippen molar-refractivity contribution >= 4 is 17.6 Å². The molecule has 0 saturated heterocycles. The third-order valence-corrected chi connectivity index (χ3v) is 5.38. The fourth-order valence-corrected chi connectivity index (χ4v) is 3.77. The minimum absolute atomic E-state index is 0.579. The summed E-state index contributed by atoms with van der Waals surface area (Å²) in [5, 5.41) is 9.09. The number of pyridine rings is 2. The number of nitrogens with two attached hydrogens (primary N) is 1. The Balaban J connectivity index is 1.53. The standard InChI is InChI=1S/C25H24N6/c1-18-9-20(11-26)14-30-25(18)31-8-7-24-22(17-31)10-21(16-29-24)23(12-27)15-28-13-19-5-3-2-4-6-19/h2-6,9-10,12,14-16H,7-8,13,17,27H2,1H3. The third kappa shape index (κ3) is 4.62. The van der Waals surface area contributed by atoms with Crippen LogP contribution in [0.4, 0.5) is 5.82 Å². The molecule has 0 bridgehead atoms. The van der Waals surface area contributed by atoms with Gasteiger partial charge in [0, 0.05) is 61.1 Å². The Morgan fingerprint density at radius 1 is 1.23 bits per heavy atom. The smallest absolute Gasteiger partial charge is 0.131 e. The lowest BCUT2D eigenvalue weighted by molar-refractivity contribution is 0.700. The van der Waals surface area contributed by atoms with Crippen LogP contribution in [0.25, 0.3) is 5.57 Å². The number of aliphatic imine (C=N–C) groups is 1. The number of nitriles is 1. The van der Waals surface area contributed by atoms with Gasteiger partial charge in [-0.25, -0.2) is 4.98 Å². The van der Waals surface area contributed by atoms with Crippen LogP contribution in [0.15, 0.2) is 66.1 Å². The quantitative estimate of drug-likeness (QED) is 0.649. The SMILES string of the molecule is Cc1cc(C#N)cnc1N1CCc2ncc(C(C=NCc3ccccc3)=CN)cc2C1. The number of fused-ring (bicyclic) bond motifs is 1. The molecule has 1 aliphatic rings. The van der Waals surface area contributed by atoms with E-state index in [4.69, 9.17) is 11.0 Å². The van der Waals surface area contributed by atoms with Crippen LogP contribution in [0.2, 0.25) is 0 Å². The highest BCUT2D eigenvalue weighted by Crippen LogP contribution is 2.26. The molecular weight excluding hydrogens is 384 g/mol. The molecule has 154 valence electrons. The van der Waals surface area contributed by atoms with E-state index in [0.29, 0.717) is 12.1 Å². The van der Waals surface area contributed by atoms with Crippen LogP contribution in [0.3, 0.4) is 0 Å². The number of benzene rings is 1.